The molecule has 0 bridgehead atoms. The number of thioether (sulfide) groups is 1. The third-order valence-corrected chi connectivity index (χ3v) is 4.59. The predicted molar refractivity (Wildman–Crippen MR) is 97.3 cm³/mol. The molecule has 0 unspecified atom stereocenters. The van der Waals surface area contributed by atoms with Gasteiger partial charge in [0.2, 0.25) is 5.91 Å². The summed E-state index contributed by atoms with van der Waals surface area (Å²) in [6, 6.07) is 10.3. The molecule has 0 aliphatic heterocycles. The number of benzene rings is 2. The van der Waals surface area contributed by atoms with Crippen molar-refractivity contribution in [1.29, 1.82) is 0 Å². The lowest BCUT2D eigenvalue weighted by Gasteiger charge is -2.09. The largest absolute Gasteiger partial charge is 0.335 e. The molecule has 1 saturated carbocycles. The zero-order valence-corrected chi connectivity index (χ0v) is 14.5. The van der Waals surface area contributed by atoms with Crippen LogP contribution < -0.4 is 16.0 Å². The van der Waals surface area contributed by atoms with Crippen molar-refractivity contribution in [3.63, 3.8) is 0 Å². The van der Waals surface area contributed by atoms with Crippen molar-refractivity contribution >= 4 is 35.1 Å². The summed E-state index contributed by atoms with van der Waals surface area (Å²) in [7, 11) is 0. The minimum atomic E-state index is -0.941. The van der Waals surface area contributed by atoms with Gasteiger partial charge in [-0.25, -0.2) is 13.6 Å². The lowest BCUT2D eigenvalue weighted by Crippen LogP contribution is -2.30. The van der Waals surface area contributed by atoms with Crippen molar-refractivity contribution < 1.29 is 18.4 Å². The van der Waals surface area contributed by atoms with Crippen LogP contribution in [0, 0.1) is 11.6 Å². The van der Waals surface area contributed by atoms with Gasteiger partial charge in [-0.2, -0.15) is 0 Å². The maximum atomic E-state index is 13.1. The normalized spacial score (nSPS) is 13.2. The standard InChI is InChI=1S/C18H17F2N3O2S/c19-15-8-7-14(9-16(15)20)26-10-17(24)21-11-1-3-12(4-2-11)22-18(25)23-13-5-6-13/h1-4,7-9,13H,5-6,10H2,(H,21,24)(H2,22,23,25). The lowest BCUT2D eigenvalue weighted by atomic mass is 10.3. The van der Waals surface area contributed by atoms with Gasteiger partial charge in [-0.1, -0.05) is 0 Å². The molecule has 1 aliphatic carbocycles. The first kappa shape index (κ1) is 18.2. The molecule has 2 aromatic carbocycles. The van der Waals surface area contributed by atoms with Crippen molar-refractivity contribution in [2.45, 2.75) is 23.8 Å². The number of carbonyl (C=O) groups excluding carboxylic acids is 2. The number of carbonyl (C=O) groups is 2. The molecule has 0 saturated heterocycles. The highest BCUT2D eigenvalue weighted by Gasteiger charge is 2.23. The molecule has 3 N–H and O–H groups in total. The number of rotatable bonds is 6. The van der Waals surface area contributed by atoms with E-state index in [1.165, 1.54) is 6.07 Å². The molecule has 0 spiro atoms. The van der Waals surface area contributed by atoms with Gasteiger partial charge in [-0.05, 0) is 55.3 Å². The molecule has 0 aromatic heterocycles. The van der Waals surface area contributed by atoms with E-state index in [0.29, 0.717) is 16.3 Å². The summed E-state index contributed by atoms with van der Waals surface area (Å²) in [5.74, 6) is -2.07. The zero-order valence-electron chi connectivity index (χ0n) is 13.7. The van der Waals surface area contributed by atoms with Crippen molar-refractivity contribution in [1.82, 2.24) is 5.32 Å². The van der Waals surface area contributed by atoms with E-state index < -0.39 is 11.6 Å². The fourth-order valence-electron chi connectivity index (χ4n) is 2.13. The summed E-state index contributed by atoms with van der Waals surface area (Å²) in [5, 5.41) is 8.24. The van der Waals surface area contributed by atoms with Gasteiger partial charge in [0.1, 0.15) is 0 Å². The van der Waals surface area contributed by atoms with E-state index in [0.717, 1.165) is 36.7 Å². The molecule has 1 aliphatic rings. The Bertz CT molecular complexity index is 811. The first-order chi connectivity index (χ1) is 12.5. The van der Waals surface area contributed by atoms with Crippen LogP contribution in [0.1, 0.15) is 12.8 Å². The van der Waals surface area contributed by atoms with Crippen molar-refractivity contribution in [2.75, 3.05) is 16.4 Å². The topological polar surface area (TPSA) is 70.2 Å². The molecule has 3 amide bonds. The summed E-state index contributed by atoms with van der Waals surface area (Å²) >= 11 is 1.11. The van der Waals surface area contributed by atoms with Gasteiger partial charge < -0.3 is 16.0 Å². The number of anilines is 2. The van der Waals surface area contributed by atoms with Gasteiger partial charge in [-0.15, -0.1) is 11.8 Å². The maximum Gasteiger partial charge on any atom is 0.319 e. The summed E-state index contributed by atoms with van der Waals surface area (Å²) in [4.78, 5) is 24.1. The van der Waals surface area contributed by atoms with Crippen molar-refractivity contribution in [3.05, 3.63) is 54.1 Å². The predicted octanol–water partition coefficient (Wildman–Crippen LogP) is 3.98. The highest BCUT2D eigenvalue weighted by Crippen LogP contribution is 2.21. The molecule has 5 nitrogen and oxygen atoms in total. The van der Waals surface area contributed by atoms with Gasteiger partial charge in [0.25, 0.3) is 0 Å². The van der Waals surface area contributed by atoms with Crippen LogP contribution >= 0.6 is 11.8 Å². The number of nitrogens with one attached hydrogen (secondary N) is 3. The minimum Gasteiger partial charge on any atom is -0.335 e. The SMILES string of the molecule is O=C(CSc1ccc(F)c(F)c1)Nc1ccc(NC(=O)NC2CC2)cc1. The third-order valence-electron chi connectivity index (χ3n) is 3.60. The molecule has 3 rings (SSSR count). The number of amides is 3. The zero-order chi connectivity index (χ0) is 18.5. The van der Waals surface area contributed by atoms with Crippen LogP contribution in [-0.2, 0) is 4.79 Å². The average Bonchev–Trinajstić information content (AvgIpc) is 3.41. The first-order valence-corrected chi connectivity index (χ1v) is 9.03. The summed E-state index contributed by atoms with van der Waals surface area (Å²) in [6.45, 7) is 0. The van der Waals surface area contributed by atoms with Crippen molar-refractivity contribution in [3.8, 4) is 0 Å². The smallest absolute Gasteiger partial charge is 0.319 e. The van der Waals surface area contributed by atoms with Gasteiger partial charge in [0.05, 0.1) is 5.75 Å². The lowest BCUT2D eigenvalue weighted by molar-refractivity contribution is -0.113. The number of hydrogen-bond donors (Lipinski definition) is 3. The van der Waals surface area contributed by atoms with Gasteiger partial charge >= 0.3 is 6.03 Å². The highest BCUT2D eigenvalue weighted by atomic mass is 32.2. The highest BCUT2D eigenvalue weighted by molar-refractivity contribution is 8.00. The molecule has 1 fully saturated rings. The van der Waals surface area contributed by atoms with Crippen LogP contribution in [0.2, 0.25) is 0 Å². The van der Waals surface area contributed by atoms with E-state index in [2.05, 4.69) is 16.0 Å². The Hall–Kier alpha value is -2.61. The molecule has 136 valence electrons. The van der Waals surface area contributed by atoms with E-state index in [9.17, 15) is 18.4 Å². The number of halogens is 2. The Kier molecular flexibility index (Phi) is 5.72. The quantitative estimate of drug-likeness (QED) is 0.667. The van der Waals surface area contributed by atoms with Gasteiger partial charge in [0, 0.05) is 22.3 Å². The van der Waals surface area contributed by atoms with Gasteiger partial charge in [0.15, 0.2) is 11.6 Å². The molecule has 8 heteroatoms. The molecule has 0 heterocycles. The molecular weight excluding hydrogens is 360 g/mol. The van der Waals surface area contributed by atoms with Crippen LogP contribution in [-0.4, -0.2) is 23.7 Å². The Morgan fingerprint density at radius 1 is 0.962 bits per heavy atom. The fourth-order valence-corrected chi connectivity index (χ4v) is 2.85. The summed E-state index contributed by atoms with van der Waals surface area (Å²) in [6.07, 6.45) is 2.03. The van der Waals surface area contributed by atoms with Crippen LogP contribution in [0.5, 0.6) is 0 Å². The minimum absolute atomic E-state index is 0.0644. The third kappa shape index (κ3) is 5.45. The molecule has 2 aromatic rings. The summed E-state index contributed by atoms with van der Waals surface area (Å²) < 4.78 is 26.0. The number of hydrogen-bond acceptors (Lipinski definition) is 3. The second-order valence-corrected chi connectivity index (χ2v) is 6.91. The van der Waals surface area contributed by atoms with E-state index in [4.69, 9.17) is 0 Å². The van der Waals surface area contributed by atoms with Crippen LogP contribution in [0.3, 0.4) is 0 Å². The Labute approximate surface area is 153 Å². The van der Waals surface area contributed by atoms with Crippen LogP contribution in [0.25, 0.3) is 0 Å². The summed E-state index contributed by atoms with van der Waals surface area (Å²) in [5.41, 5.74) is 1.20. The molecule has 0 atom stereocenters. The van der Waals surface area contributed by atoms with E-state index in [-0.39, 0.29) is 23.7 Å². The molecular formula is C18H17F2N3O2S. The Balaban J connectivity index is 1.46. The van der Waals surface area contributed by atoms with Gasteiger partial charge in [-0.3, -0.25) is 4.79 Å². The molecule has 26 heavy (non-hydrogen) atoms. The van der Waals surface area contributed by atoms with Crippen LogP contribution in [0.4, 0.5) is 25.0 Å². The second-order valence-electron chi connectivity index (χ2n) is 5.86. The number of urea groups is 1. The van der Waals surface area contributed by atoms with Crippen molar-refractivity contribution in [2.24, 2.45) is 0 Å². The molecule has 0 radical (unpaired) electrons. The van der Waals surface area contributed by atoms with E-state index >= 15 is 0 Å². The monoisotopic (exact) mass is 377 g/mol. The average molecular weight is 377 g/mol. The van der Waals surface area contributed by atoms with E-state index in [1.54, 1.807) is 24.3 Å². The fraction of sp³-hybridized carbons (Fsp3) is 0.222. The second kappa shape index (κ2) is 8.18. The Morgan fingerprint density at radius 3 is 2.23 bits per heavy atom. The van der Waals surface area contributed by atoms with Crippen LogP contribution in [0.15, 0.2) is 47.4 Å². The first-order valence-electron chi connectivity index (χ1n) is 8.05. The van der Waals surface area contributed by atoms with E-state index in [1.807, 2.05) is 0 Å². The Morgan fingerprint density at radius 2 is 1.62 bits per heavy atom. The maximum absolute atomic E-state index is 13.1.